The Hall–Kier alpha value is -0.940. The minimum absolute atomic E-state index is 0.306. The number of nitrogens with zero attached hydrogens (tertiary/aromatic N) is 2. The average Bonchev–Trinajstić information content (AvgIpc) is 2.33. The van der Waals surface area contributed by atoms with Gasteiger partial charge in [0.1, 0.15) is 12.2 Å². The van der Waals surface area contributed by atoms with Gasteiger partial charge in [0.05, 0.1) is 0 Å². The van der Waals surface area contributed by atoms with Crippen molar-refractivity contribution in [1.82, 2.24) is 15.2 Å². The van der Waals surface area contributed by atoms with Gasteiger partial charge in [0.2, 0.25) is 0 Å². The van der Waals surface area contributed by atoms with Crippen molar-refractivity contribution >= 4 is 0 Å². The van der Waals surface area contributed by atoms with Gasteiger partial charge >= 0.3 is 0 Å². The van der Waals surface area contributed by atoms with Crippen LogP contribution in [0.15, 0.2) is 0 Å². The molecule has 5 nitrogen and oxygen atoms in total. The van der Waals surface area contributed by atoms with Gasteiger partial charge in [-0.25, -0.2) is 4.98 Å². The first-order valence-electron chi connectivity index (χ1n) is 3.39. The van der Waals surface area contributed by atoms with Crippen molar-refractivity contribution in [3.05, 3.63) is 11.6 Å². The van der Waals surface area contributed by atoms with Crippen LogP contribution in [0.25, 0.3) is 0 Å². The first-order chi connectivity index (χ1) is 5.11. The van der Waals surface area contributed by atoms with E-state index in [-0.39, 0.29) is 0 Å². The number of aromatic nitrogens is 3. The van der Waals surface area contributed by atoms with E-state index in [1.807, 2.05) is 0 Å². The van der Waals surface area contributed by atoms with Crippen LogP contribution in [0, 0.1) is 0 Å². The zero-order valence-corrected chi connectivity index (χ0v) is 6.44. The first kappa shape index (κ1) is 8.16. The van der Waals surface area contributed by atoms with Crippen molar-refractivity contribution in [1.29, 1.82) is 0 Å². The van der Waals surface area contributed by atoms with Crippen molar-refractivity contribution in [3.8, 4) is 0 Å². The van der Waals surface area contributed by atoms with Gasteiger partial charge in [0.25, 0.3) is 0 Å². The molecule has 3 N–H and O–H groups in total. The molecule has 5 heteroatoms. The minimum Gasteiger partial charge on any atom is -0.385 e. The van der Waals surface area contributed by atoms with Crippen molar-refractivity contribution < 1.29 is 10.2 Å². The molecule has 1 heterocycles. The van der Waals surface area contributed by atoms with E-state index < -0.39 is 12.2 Å². The predicted molar refractivity (Wildman–Crippen MR) is 37.7 cm³/mol. The largest absolute Gasteiger partial charge is 0.385 e. The number of hydrogen-bond acceptors (Lipinski definition) is 4. The van der Waals surface area contributed by atoms with E-state index in [1.54, 1.807) is 13.8 Å². The molecule has 0 aliphatic carbocycles. The lowest BCUT2D eigenvalue weighted by Crippen LogP contribution is -1.95. The third kappa shape index (κ3) is 1.75. The summed E-state index contributed by atoms with van der Waals surface area (Å²) in [6.07, 6.45) is -1.37. The monoisotopic (exact) mass is 157 g/mol. The molecule has 0 saturated heterocycles. The molecule has 1 rings (SSSR count). The Kier molecular flexibility index (Phi) is 2.21. The summed E-state index contributed by atoms with van der Waals surface area (Å²) in [5.74, 6) is 0.682. The van der Waals surface area contributed by atoms with E-state index in [9.17, 15) is 0 Å². The molecule has 0 aliphatic heterocycles. The standard InChI is InChI=1S/C6H11N3O2/c1-3(10)5-7-6(4(2)11)9-8-5/h3-4,10-11H,1-2H3,(H,7,8,9)/t3-,4?/m1/s1. The summed E-state index contributed by atoms with van der Waals surface area (Å²) >= 11 is 0. The van der Waals surface area contributed by atoms with E-state index in [1.165, 1.54) is 0 Å². The van der Waals surface area contributed by atoms with Crippen molar-refractivity contribution in [2.75, 3.05) is 0 Å². The number of aromatic amines is 1. The molecule has 0 bridgehead atoms. The summed E-state index contributed by atoms with van der Waals surface area (Å²) in [6, 6.07) is 0. The summed E-state index contributed by atoms with van der Waals surface area (Å²) < 4.78 is 0. The molecule has 0 saturated carbocycles. The molecule has 0 spiro atoms. The fourth-order valence-electron chi connectivity index (χ4n) is 0.662. The topological polar surface area (TPSA) is 82.0 Å². The van der Waals surface area contributed by atoms with Gasteiger partial charge < -0.3 is 10.2 Å². The summed E-state index contributed by atoms with van der Waals surface area (Å²) in [5.41, 5.74) is 0. The molecule has 1 unspecified atom stereocenters. The van der Waals surface area contributed by atoms with Gasteiger partial charge in [-0.05, 0) is 13.8 Å². The lowest BCUT2D eigenvalue weighted by Gasteiger charge is -1.96. The number of rotatable bonds is 2. The zero-order valence-electron chi connectivity index (χ0n) is 6.44. The summed E-state index contributed by atoms with van der Waals surface area (Å²) in [5, 5.41) is 24.2. The van der Waals surface area contributed by atoms with Gasteiger partial charge in [-0.3, -0.25) is 5.10 Å². The van der Waals surface area contributed by atoms with Crippen LogP contribution >= 0.6 is 0 Å². The molecular weight excluding hydrogens is 146 g/mol. The molecular formula is C6H11N3O2. The maximum absolute atomic E-state index is 9.00. The van der Waals surface area contributed by atoms with Gasteiger partial charge in [-0.15, -0.1) is 0 Å². The van der Waals surface area contributed by atoms with Crippen LogP contribution in [0.1, 0.15) is 37.7 Å². The van der Waals surface area contributed by atoms with E-state index in [2.05, 4.69) is 15.2 Å². The third-order valence-electron chi connectivity index (χ3n) is 1.29. The molecule has 0 radical (unpaired) electrons. The maximum Gasteiger partial charge on any atom is 0.178 e. The molecule has 0 aromatic carbocycles. The van der Waals surface area contributed by atoms with Crippen molar-refractivity contribution in [2.24, 2.45) is 0 Å². The zero-order chi connectivity index (χ0) is 8.43. The number of H-pyrrole nitrogens is 1. The molecule has 1 aromatic rings. The molecule has 0 aliphatic rings. The minimum atomic E-state index is -0.696. The Morgan fingerprint density at radius 2 is 1.91 bits per heavy atom. The smallest absolute Gasteiger partial charge is 0.178 e. The van der Waals surface area contributed by atoms with E-state index >= 15 is 0 Å². The van der Waals surface area contributed by atoms with E-state index in [0.717, 1.165) is 0 Å². The van der Waals surface area contributed by atoms with Crippen LogP contribution in [0.5, 0.6) is 0 Å². The number of hydrogen-bond donors (Lipinski definition) is 3. The predicted octanol–water partition coefficient (Wildman–Crippen LogP) is -0.0887. The van der Waals surface area contributed by atoms with Crippen LogP contribution in [0.3, 0.4) is 0 Å². The summed E-state index contributed by atoms with van der Waals surface area (Å²) in [4.78, 5) is 3.84. The average molecular weight is 157 g/mol. The Morgan fingerprint density at radius 1 is 1.27 bits per heavy atom. The van der Waals surface area contributed by atoms with Gasteiger partial charge in [-0.1, -0.05) is 0 Å². The highest BCUT2D eigenvalue weighted by Gasteiger charge is 2.10. The van der Waals surface area contributed by atoms with Gasteiger partial charge in [0.15, 0.2) is 11.6 Å². The van der Waals surface area contributed by atoms with Crippen molar-refractivity contribution in [3.63, 3.8) is 0 Å². The third-order valence-corrected chi connectivity index (χ3v) is 1.29. The Balaban J connectivity index is 2.82. The number of nitrogens with one attached hydrogen (secondary N) is 1. The summed E-state index contributed by atoms with van der Waals surface area (Å²) in [7, 11) is 0. The Morgan fingerprint density at radius 3 is 2.18 bits per heavy atom. The number of aliphatic hydroxyl groups is 2. The normalized spacial score (nSPS) is 16.4. The first-order valence-corrected chi connectivity index (χ1v) is 3.39. The SMILES string of the molecule is CC(O)c1n[nH]c([C@@H](C)O)n1. The van der Waals surface area contributed by atoms with Crippen LogP contribution in [0.4, 0.5) is 0 Å². The second-order valence-electron chi connectivity index (χ2n) is 2.43. The van der Waals surface area contributed by atoms with Gasteiger partial charge in [0, 0.05) is 0 Å². The van der Waals surface area contributed by atoms with Crippen LogP contribution in [-0.2, 0) is 0 Å². The molecule has 0 amide bonds. The van der Waals surface area contributed by atoms with Gasteiger partial charge in [-0.2, -0.15) is 5.10 Å². The number of aliphatic hydroxyl groups excluding tert-OH is 2. The molecule has 11 heavy (non-hydrogen) atoms. The highest BCUT2D eigenvalue weighted by Crippen LogP contribution is 2.09. The van der Waals surface area contributed by atoms with Crippen LogP contribution < -0.4 is 0 Å². The molecule has 2 atom stereocenters. The molecule has 62 valence electrons. The van der Waals surface area contributed by atoms with E-state index in [0.29, 0.717) is 11.6 Å². The van der Waals surface area contributed by atoms with Crippen molar-refractivity contribution in [2.45, 2.75) is 26.1 Å². The van der Waals surface area contributed by atoms with E-state index in [4.69, 9.17) is 10.2 Å². The quantitative estimate of drug-likeness (QED) is 0.560. The maximum atomic E-state index is 9.00. The lowest BCUT2D eigenvalue weighted by atomic mass is 10.4. The fourth-order valence-corrected chi connectivity index (χ4v) is 0.662. The highest BCUT2D eigenvalue weighted by atomic mass is 16.3. The Bertz CT molecular complexity index is 209. The van der Waals surface area contributed by atoms with Crippen LogP contribution in [-0.4, -0.2) is 25.4 Å². The molecule has 1 aromatic heterocycles. The second-order valence-corrected chi connectivity index (χ2v) is 2.43. The highest BCUT2D eigenvalue weighted by molar-refractivity contribution is 4.94. The molecule has 0 fully saturated rings. The fraction of sp³-hybridized carbons (Fsp3) is 0.667. The van der Waals surface area contributed by atoms with Crippen LogP contribution in [0.2, 0.25) is 0 Å². The second kappa shape index (κ2) is 2.98. The summed E-state index contributed by atoms with van der Waals surface area (Å²) in [6.45, 7) is 3.14. The lowest BCUT2D eigenvalue weighted by molar-refractivity contribution is 0.183. The Labute approximate surface area is 64.1 Å².